The summed E-state index contributed by atoms with van der Waals surface area (Å²) < 4.78 is 8.15. The number of rotatable bonds is 8. The fourth-order valence-electron chi connectivity index (χ4n) is 2.27. The van der Waals surface area contributed by atoms with E-state index in [0.29, 0.717) is 32.1 Å². The van der Waals surface area contributed by atoms with E-state index in [2.05, 4.69) is 4.72 Å². The van der Waals surface area contributed by atoms with Crippen molar-refractivity contribution in [2.75, 3.05) is 26.3 Å². The largest absolute Gasteiger partial charge is 0.480 e. The maximum atomic E-state index is 12.1. The van der Waals surface area contributed by atoms with Gasteiger partial charge in [-0.3, -0.25) is 9.59 Å². The van der Waals surface area contributed by atoms with Crippen molar-refractivity contribution in [1.82, 2.24) is 9.62 Å². The summed E-state index contributed by atoms with van der Waals surface area (Å²) in [6, 6.07) is 9.10. The van der Waals surface area contributed by atoms with Crippen molar-refractivity contribution in [3.63, 3.8) is 0 Å². The molecule has 126 valence electrons. The fraction of sp³-hybridized carbons (Fsp3) is 0.500. The van der Waals surface area contributed by atoms with Gasteiger partial charge < -0.3 is 14.7 Å². The SMILES string of the molecule is O=C(O)C(CCC(=O)N1CCOCC1)NSCc1ccccc1. The summed E-state index contributed by atoms with van der Waals surface area (Å²) in [5.41, 5.74) is 1.12. The van der Waals surface area contributed by atoms with Crippen molar-refractivity contribution in [3.8, 4) is 0 Å². The van der Waals surface area contributed by atoms with Gasteiger partial charge >= 0.3 is 5.97 Å². The van der Waals surface area contributed by atoms with Crippen molar-refractivity contribution in [2.45, 2.75) is 24.6 Å². The average molecular weight is 338 g/mol. The van der Waals surface area contributed by atoms with E-state index in [1.807, 2.05) is 30.3 Å². The van der Waals surface area contributed by atoms with Crippen LogP contribution in [0.25, 0.3) is 0 Å². The number of morpholine rings is 1. The quantitative estimate of drug-likeness (QED) is 0.700. The average Bonchev–Trinajstić information content (AvgIpc) is 2.59. The zero-order valence-corrected chi connectivity index (χ0v) is 13.8. The van der Waals surface area contributed by atoms with Crippen molar-refractivity contribution >= 4 is 23.8 Å². The summed E-state index contributed by atoms with van der Waals surface area (Å²) in [6.07, 6.45) is 0.517. The molecule has 1 saturated heterocycles. The van der Waals surface area contributed by atoms with Gasteiger partial charge in [-0.2, -0.15) is 0 Å². The highest BCUT2D eigenvalue weighted by molar-refractivity contribution is 7.96. The molecule has 1 aromatic rings. The summed E-state index contributed by atoms with van der Waals surface area (Å²) in [7, 11) is 0. The summed E-state index contributed by atoms with van der Waals surface area (Å²) in [5.74, 6) is -0.253. The molecule has 1 aromatic carbocycles. The van der Waals surface area contributed by atoms with Crippen molar-refractivity contribution in [1.29, 1.82) is 0 Å². The summed E-state index contributed by atoms with van der Waals surface area (Å²) in [5, 5.41) is 9.27. The minimum absolute atomic E-state index is 0.00518. The van der Waals surface area contributed by atoms with Gasteiger partial charge in [-0.25, -0.2) is 4.72 Å². The van der Waals surface area contributed by atoms with Crippen molar-refractivity contribution < 1.29 is 19.4 Å². The number of nitrogens with one attached hydrogen (secondary N) is 1. The molecule has 7 heteroatoms. The smallest absolute Gasteiger partial charge is 0.321 e. The van der Waals surface area contributed by atoms with Gasteiger partial charge in [0.1, 0.15) is 6.04 Å². The Hall–Kier alpha value is -1.57. The number of amides is 1. The number of hydrogen-bond donors (Lipinski definition) is 2. The Balaban J connectivity index is 1.72. The zero-order valence-electron chi connectivity index (χ0n) is 12.9. The van der Waals surface area contributed by atoms with Crippen molar-refractivity contribution in [2.24, 2.45) is 0 Å². The predicted octanol–water partition coefficient (Wildman–Crippen LogP) is 1.52. The van der Waals surface area contributed by atoms with Crippen LogP contribution in [0.1, 0.15) is 18.4 Å². The molecule has 1 atom stereocenters. The molecule has 0 saturated carbocycles. The highest BCUT2D eigenvalue weighted by Crippen LogP contribution is 2.12. The lowest BCUT2D eigenvalue weighted by molar-refractivity contribution is -0.139. The van der Waals surface area contributed by atoms with Gasteiger partial charge in [0.2, 0.25) is 5.91 Å². The first-order valence-electron chi connectivity index (χ1n) is 7.66. The first-order chi connectivity index (χ1) is 11.2. The Kier molecular flexibility index (Phi) is 7.38. The van der Waals surface area contributed by atoms with E-state index in [4.69, 9.17) is 4.74 Å². The number of nitrogens with zero attached hydrogens (tertiary/aromatic N) is 1. The van der Waals surface area contributed by atoms with Crippen LogP contribution in [0.2, 0.25) is 0 Å². The molecule has 1 aliphatic rings. The number of hydrogen-bond acceptors (Lipinski definition) is 5. The molecule has 1 amide bonds. The lowest BCUT2D eigenvalue weighted by Gasteiger charge is -2.27. The molecule has 0 radical (unpaired) electrons. The van der Waals surface area contributed by atoms with Crippen LogP contribution in [-0.2, 0) is 20.1 Å². The van der Waals surface area contributed by atoms with E-state index in [-0.39, 0.29) is 18.7 Å². The zero-order chi connectivity index (χ0) is 16.5. The summed E-state index contributed by atoms with van der Waals surface area (Å²) >= 11 is 1.35. The van der Waals surface area contributed by atoms with E-state index in [9.17, 15) is 14.7 Å². The van der Waals surface area contributed by atoms with Crippen LogP contribution >= 0.6 is 11.9 Å². The molecular formula is C16H22N2O4S. The van der Waals surface area contributed by atoms with Crippen LogP contribution < -0.4 is 4.72 Å². The summed E-state index contributed by atoms with van der Waals surface area (Å²) in [6.45, 7) is 2.29. The third-order valence-corrected chi connectivity index (χ3v) is 4.54. The third kappa shape index (κ3) is 6.21. The number of carboxylic acids is 1. The van der Waals surface area contributed by atoms with Gasteiger partial charge in [0.25, 0.3) is 0 Å². The van der Waals surface area contributed by atoms with Crippen LogP contribution in [0.15, 0.2) is 30.3 Å². The second-order valence-electron chi connectivity index (χ2n) is 5.31. The lowest BCUT2D eigenvalue weighted by Crippen LogP contribution is -2.41. The minimum Gasteiger partial charge on any atom is -0.480 e. The van der Waals surface area contributed by atoms with Gasteiger partial charge in [0, 0.05) is 25.3 Å². The van der Waals surface area contributed by atoms with Crippen LogP contribution in [0.4, 0.5) is 0 Å². The molecule has 1 aliphatic heterocycles. The minimum atomic E-state index is -0.930. The molecule has 0 bridgehead atoms. The van der Waals surface area contributed by atoms with Crippen molar-refractivity contribution in [3.05, 3.63) is 35.9 Å². The predicted molar refractivity (Wildman–Crippen MR) is 88.9 cm³/mol. The van der Waals surface area contributed by atoms with E-state index >= 15 is 0 Å². The Morgan fingerprint density at radius 1 is 1.26 bits per heavy atom. The second-order valence-corrected chi connectivity index (χ2v) is 6.13. The highest BCUT2D eigenvalue weighted by atomic mass is 32.2. The standard InChI is InChI=1S/C16H22N2O4S/c19-15(18-8-10-22-11-9-18)7-6-14(16(20)21)17-23-12-13-4-2-1-3-5-13/h1-5,14,17H,6-12H2,(H,20,21). The van der Waals surface area contributed by atoms with Crippen LogP contribution in [0.3, 0.4) is 0 Å². The normalized spacial score (nSPS) is 16.1. The Labute approximate surface area is 140 Å². The molecule has 0 aliphatic carbocycles. The van der Waals surface area contributed by atoms with Gasteiger partial charge in [-0.1, -0.05) is 42.3 Å². The molecule has 0 spiro atoms. The Morgan fingerprint density at radius 2 is 1.96 bits per heavy atom. The van der Waals surface area contributed by atoms with E-state index in [1.54, 1.807) is 4.90 Å². The molecule has 1 unspecified atom stereocenters. The second kappa shape index (κ2) is 9.54. The molecule has 1 fully saturated rings. The lowest BCUT2D eigenvalue weighted by atomic mass is 10.1. The fourth-order valence-corrected chi connectivity index (χ4v) is 3.13. The topological polar surface area (TPSA) is 78.9 Å². The Morgan fingerprint density at radius 3 is 2.61 bits per heavy atom. The van der Waals surface area contributed by atoms with E-state index < -0.39 is 12.0 Å². The molecule has 23 heavy (non-hydrogen) atoms. The number of carboxylic acid groups (broad SMARTS) is 1. The molecular weight excluding hydrogens is 316 g/mol. The van der Waals surface area contributed by atoms with Gasteiger partial charge in [-0.15, -0.1) is 0 Å². The number of benzene rings is 1. The molecule has 0 aromatic heterocycles. The first-order valence-corrected chi connectivity index (χ1v) is 8.65. The highest BCUT2D eigenvalue weighted by Gasteiger charge is 2.22. The number of carbonyl (C=O) groups excluding carboxylic acids is 1. The first kappa shape index (κ1) is 17.8. The van der Waals surface area contributed by atoms with E-state index in [0.717, 1.165) is 5.56 Å². The maximum Gasteiger partial charge on any atom is 0.321 e. The number of aliphatic carboxylic acids is 1. The van der Waals surface area contributed by atoms with Gasteiger partial charge in [-0.05, 0) is 12.0 Å². The van der Waals surface area contributed by atoms with E-state index in [1.165, 1.54) is 11.9 Å². The van der Waals surface area contributed by atoms with Crippen LogP contribution in [-0.4, -0.2) is 54.2 Å². The monoisotopic (exact) mass is 338 g/mol. The number of carbonyl (C=O) groups is 2. The summed E-state index contributed by atoms with van der Waals surface area (Å²) in [4.78, 5) is 25.1. The molecule has 2 N–H and O–H groups in total. The number of ether oxygens (including phenoxy) is 1. The molecule has 6 nitrogen and oxygen atoms in total. The molecule has 1 heterocycles. The van der Waals surface area contributed by atoms with Gasteiger partial charge in [0.15, 0.2) is 0 Å². The van der Waals surface area contributed by atoms with Crippen LogP contribution in [0, 0.1) is 0 Å². The van der Waals surface area contributed by atoms with Gasteiger partial charge in [0.05, 0.1) is 13.2 Å². The van der Waals surface area contributed by atoms with Crippen LogP contribution in [0.5, 0.6) is 0 Å². The third-order valence-electron chi connectivity index (χ3n) is 3.62. The Bertz CT molecular complexity index is 506. The maximum absolute atomic E-state index is 12.1. The molecule has 2 rings (SSSR count).